The lowest BCUT2D eigenvalue weighted by atomic mass is 10.1. The molecule has 8 heteroatoms. The van der Waals surface area contributed by atoms with Gasteiger partial charge in [-0.3, -0.25) is 30.5 Å². The molecule has 0 aliphatic heterocycles. The first kappa shape index (κ1) is 24.7. The van der Waals surface area contributed by atoms with Gasteiger partial charge < -0.3 is 5.32 Å². The SMILES string of the molecule is C/C=C\C(=C/C(C)C(=N)N(C=N)c1ccccn1)NC(=O)c1cc(-c2ccc(C3CC3)nc2)ccn1. The molecule has 1 aliphatic carbocycles. The van der Waals surface area contributed by atoms with Gasteiger partial charge in [0.2, 0.25) is 0 Å². The molecule has 1 aliphatic rings. The second-order valence-corrected chi connectivity index (χ2v) is 8.61. The number of amidine groups is 1. The average Bonchev–Trinajstić information content (AvgIpc) is 3.76. The quantitative estimate of drug-likeness (QED) is 0.218. The Hall–Kier alpha value is -4.46. The molecule has 0 radical (unpaired) electrons. The molecular weight excluding hydrogens is 450 g/mol. The van der Waals surface area contributed by atoms with Gasteiger partial charge in [0.25, 0.3) is 5.91 Å². The topological polar surface area (TPSA) is 119 Å². The first-order valence-electron chi connectivity index (χ1n) is 11.9. The van der Waals surface area contributed by atoms with Crippen LogP contribution in [-0.4, -0.2) is 33.0 Å². The van der Waals surface area contributed by atoms with Crippen molar-refractivity contribution in [2.75, 3.05) is 4.90 Å². The van der Waals surface area contributed by atoms with Gasteiger partial charge in [0, 0.05) is 47.4 Å². The molecule has 0 aromatic carbocycles. The summed E-state index contributed by atoms with van der Waals surface area (Å²) < 4.78 is 0. The van der Waals surface area contributed by atoms with E-state index in [-0.39, 0.29) is 17.4 Å². The van der Waals surface area contributed by atoms with Gasteiger partial charge in [0.05, 0.1) is 6.34 Å². The minimum Gasteiger partial charge on any atom is -0.321 e. The van der Waals surface area contributed by atoms with E-state index in [2.05, 4.69) is 26.3 Å². The van der Waals surface area contributed by atoms with Crippen LogP contribution in [0, 0.1) is 16.7 Å². The number of allylic oxidation sites excluding steroid dienone is 2. The Balaban J connectivity index is 1.49. The third-order valence-electron chi connectivity index (χ3n) is 5.86. The summed E-state index contributed by atoms with van der Waals surface area (Å²) in [5.74, 6) is 0.470. The van der Waals surface area contributed by atoms with E-state index in [1.165, 1.54) is 17.7 Å². The maximum absolute atomic E-state index is 13.1. The highest BCUT2D eigenvalue weighted by Gasteiger charge is 2.24. The summed E-state index contributed by atoms with van der Waals surface area (Å²) in [6, 6.07) is 13.0. The summed E-state index contributed by atoms with van der Waals surface area (Å²) in [5, 5.41) is 19.2. The molecule has 3 aromatic rings. The van der Waals surface area contributed by atoms with Gasteiger partial charge in [-0.05, 0) is 61.7 Å². The Bertz CT molecular complexity index is 1290. The Morgan fingerprint density at radius 3 is 2.58 bits per heavy atom. The smallest absolute Gasteiger partial charge is 0.274 e. The number of aromatic nitrogens is 3. The Kier molecular flexibility index (Phi) is 7.75. The van der Waals surface area contributed by atoms with Crippen LogP contribution in [-0.2, 0) is 0 Å². The van der Waals surface area contributed by atoms with Crippen LogP contribution in [0.25, 0.3) is 11.1 Å². The van der Waals surface area contributed by atoms with E-state index in [0.717, 1.165) is 23.2 Å². The van der Waals surface area contributed by atoms with Gasteiger partial charge >= 0.3 is 0 Å². The van der Waals surface area contributed by atoms with Crippen molar-refractivity contribution in [3.05, 3.63) is 96.4 Å². The molecule has 36 heavy (non-hydrogen) atoms. The summed E-state index contributed by atoms with van der Waals surface area (Å²) in [7, 11) is 0. The van der Waals surface area contributed by atoms with Crippen LogP contribution in [0.2, 0.25) is 0 Å². The van der Waals surface area contributed by atoms with Crippen molar-refractivity contribution in [1.82, 2.24) is 20.3 Å². The molecule has 1 fully saturated rings. The number of nitrogens with one attached hydrogen (secondary N) is 3. The third-order valence-corrected chi connectivity index (χ3v) is 5.86. The van der Waals surface area contributed by atoms with Gasteiger partial charge in [-0.2, -0.15) is 0 Å². The molecule has 8 nitrogen and oxygen atoms in total. The van der Waals surface area contributed by atoms with E-state index in [1.54, 1.807) is 48.8 Å². The van der Waals surface area contributed by atoms with Gasteiger partial charge in [-0.1, -0.05) is 31.2 Å². The first-order valence-corrected chi connectivity index (χ1v) is 11.9. The maximum atomic E-state index is 13.1. The predicted octanol–water partition coefficient (Wildman–Crippen LogP) is 5.33. The molecular formula is C28H29N7O. The number of rotatable bonds is 9. The largest absolute Gasteiger partial charge is 0.321 e. The highest BCUT2D eigenvalue weighted by molar-refractivity contribution is 6.09. The molecule has 0 bridgehead atoms. The Morgan fingerprint density at radius 2 is 1.94 bits per heavy atom. The van der Waals surface area contributed by atoms with E-state index >= 15 is 0 Å². The highest BCUT2D eigenvalue weighted by atomic mass is 16.1. The van der Waals surface area contributed by atoms with Crippen LogP contribution >= 0.6 is 0 Å². The normalized spacial score (nSPS) is 14.3. The highest BCUT2D eigenvalue weighted by Crippen LogP contribution is 2.39. The maximum Gasteiger partial charge on any atom is 0.274 e. The van der Waals surface area contributed by atoms with Crippen molar-refractivity contribution in [3.8, 4) is 11.1 Å². The lowest BCUT2D eigenvalue weighted by Gasteiger charge is -2.22. The molecule has 1 unspecified atom stereocenters. The standard InChI is InChI=1S/C28H29N7O/c1-3-6-23(15-19(2)27(30)35(18-29)26-7-4-5-13-32-26)34-28(36)25-16-21(12-14-31-25)22-10-11-24(33-17-22)20-8-9-20/h3-7,10-20,29-30H,8-9H2,1-2H3,(H,34,36)/b6-3-,23-15+,29-18?,30-27?. The zero-order valence-corrected chi connectivity index (χ0v) is 20.3. The second kappa shape index (κ2) is 11.3. The zero-order valence-electron chi connectivity index (χ0n) is 20.3. The molecule has 0 saturated heterocycles. The molecule has 3 heterocycles. The van der Waals surface area contributed by atoms with Crippen molar-refractivity contribution in [2.45, 2.75) is 32.6 Å². The minimum atomic E-state index is -0.407. The number of nitrogens with zero attached hydrogens (tertiary/aromatic N) is 4. The lowest BCUT2D eigenvalue weighted by molar-refractivity contribution is 0.0962. The van der Waals surface area contributed by atoms with Crippen molar-refractivity contribution in [2.24, 2.45) is 5.92 Å². The van der Waals surface area contributed by atoms with Crippen LogP contribution < -0.4 is 10.2 Å². The summed E-state index contributed by atoms with van der Waals surface area (Å²) in [6.07, 6.45) is 13.9. The number of anilines is 1. The number of hydrogen-bond acceptors (Lipinski definition) is 6. The van der Waals surface area contributed by atoms with Gasteiger partial charge in [0.1, 0.15) is 17.3 Å². The van der Waals surface area contributed by atoms with Crippen LogP contribution in [0.3, 0.4) is 0 Å². The summed E-state index contributed by atoms with van der Waals surface area (Å²) in [5.41, 5.74) is 3.74. The van der Waals surface area contributed by atoms with Crippen molar-refractivity contribution >= 4 is 23.9 Å². The zero-order chi connectivity index (χ0) is 25.5. The second-order valence-electron chi connectivity index (χ2n) is 8.61. The number of carbonyl (C=O) groups excluding carboxylic acids is 1. The van der Waals surface area contributed by atoms with E-state index in [0.29, 0.717) is 17.4 Å². The fourth-order valence-electron chi connectivity index (χ4n) is 3.77. The summed E-state index contributed by atoms with van der Waals surface area (Å²) >= 11 is 0. The number of amides is 1. The lowest BCUT2D eigenvalue weighted by Crippen LogP contribution is -2.34. The molecule has 1 atom stereocenters. The van der Waals surface area contributed by atoms with E-state index in [1.807, 2.05) is 38.3 Å². The number of carbonyl (C=O) groups is 1. The molecule has 1 amide bonds. The van der Waals surface area contributed by atoms with Crippen LogP contribution in [0.1, 0.15) is 48.8 Å². The van der Waals surface area contributed by atoms with Gasteiger partial charge in [-0.15, -0.1) is 0 Å². The van der Waals surface area contributed by atoms with Crippen molar-refractivity contribution in [1.29, 1.82) is 10.8 Å². The average molecular weight is 480 g/mol. The number of pyridine rings is 3. The third kappa shape index (κ3) is 5.96. The molecule has 182 valence electrons. The van der Waals surface area contributed by atoms with E-state index in [9.17, 15) is 4.79 Å². The fourth-order valence-corrected chi connectivity index (χ4v) is 3.77. The molecule has 4 rings (SSSR count). The van der Waals surface area contributed by atoms with Crippen LogP contribution in [0.5, 0.6) is 0 Å². The fraction of sp³-hybridized carbons (Fsp3) is 0.214. The van der Waals surface area contributed by atoms with Crippen LogP contribution in [0.15, 0.2) is 85.0 Å². The Morgan fingerprint density at radius 1 is 1.11 bits per heavy atom. The van der Waals surface area contributed by atoms with Gasteiger partial charge in [0.15, 0.2) is 0 Å². The molecule has 1 saturated carbocycles. The number of hydrogen-bond donors (Lipinski definition) is 3. The first-order chi connectivity index (χ1) is 17.5. The molecule has 0 spiro atoms. The molecule has 3 aromatic heterocycles. The molecule has 3 N–H and O–H groups in total. The van der Waals surface area contributed by atoms with E-state index < -0.39 is 5.92 Å². The summed E-state index contributed by atoms with van der Waals surface area (Å²) in [6.45, 7) is 3.68. The van der Waals surface area contributed by atoms with Crippen molar-refractivity contribution in [3.63, 3.8) is 0 Å². The minimum absolute atomic E-state index is 0.155. The van der Waals surface area contributed by atoms with E-state index in [4.69, 9.17) is 10.8 Å². The monoisotopic (exact) mass is 479 g/mol. The Labute approximate surface area is 210 Å². The van der Waals surface area contributed by atoms with Crippen molar-refractivity contribution < 1.29 is 4.79 Å². The summed E-state index contributed by atoms with van der Waals surface area (Å²) in [4.78, 5) is 27.5. The van der Waals surface area contributed by atoms with Crippen LogP contribution in [0.4, 0.5) is 5.82 Å². The predicted molar refractivity (Wildman–Crippen MR) is 142 cm³/mol. The van der Waals surface area contributed by atoms with Gasteiger partial charge in [-0.25, -0.2) is 4.98 Å².